The largest absolute Gasteiger partial charge is 0.461 e. The van der Waals surface area contributed by atoms with Crippen molar-refractivity contribution in [2.75, 3.05) is 24.7 Å². The highest BCUT2D eigenvalue weighted by Crippen LogP contribution is 2.61. The maximum Gasteiger partial charge on any atom is 0.312 e. The van der Waals surface area contributed by atoms with Gasteiger partial charge in [0.1, 0.15) is 18.2 Å². The molecule has 2 amide bonds. The van der Waals surface area contributed by atoms with E-state index in [0.717, 1.165) is 5.56 Å². The molecule has 0 saturated carbocycles. The maximum atomic E-state index is 14.5. The van der Waals surface area contributed by atoms with E-state index < -0.39 is 53.4 Å². The molecule has 3 unspecified atom stereocenters. The zero-order valence-corrected chi connectivity index (χ0v) is 23.3. The molecule has 200 valence electrons. The van der Waals surface area contributed by atoms with Crippen LogP contribution in [0, 0.1) is 18.8 Å². The van der Waals surface area contributed by atoms with Crippen LogP contribution in [0.25, 0.3) is 0 Å². The number of hydrogen-bond donors (Lipinski definition) is 1. The molecule has 1 spiro atoms. The molecule has 3 saturated heterocycles. The van der Waals surface area contributed by atoms with Crippen LogP contribution in [0.1, 0.15) is 25.3 Å². The number of likely N-dealkylation sites (tertiary alicyclic amines) is 1. The minimum absolute atomic E-state index is 0.00209. The van der Waals surface area contributed by atoms with Crippen molar-refractivity contribution in [3.63, 3.8) is 0 Å². The Morgan fingerprint density at radius 2 is 2.14 bits per heavy atom. The van der Waals surface area contributed by atoms with E-state index in [4.69, 9.17) is 21.1 Å². The standard InChI is InChI=1S/C27H32BrClN2O6/c1-5-11-30(21-15(4)9-8-10-18(21)29)25(34)23-27-13-17(28)22(37-27)19(26(35)36-12-6-2)20(27)24(33)31(23)16(7-3)14-32/h5-6,8-10,16-17,19-20,22-23,32H,1-2,7,11-14H2,3-4H3/t16-,17?,19-,20-,22-,23?,27?/m0/s1. The fourth-order valence-corrected chi connectivity index (χ4v) is 7.46. The van der Waals surface area contributed by atoms with E-state index in [0.29, 0.717) is 23.6 Å². The van der Waals surface area contributed by atoms with E-state index in [1.54, 1.807) is 18.2 Å². The fourth-order valence-electron chi connectivity index (χ4n) is 6.19. The van der Waals surface area contributed by atoms with Crippen LogP contribution in [-0.4, -0.2) is 76.2 Å². The Balaban J connectivity index is 1.86. The summed E-state index contributed by atoms with van der Waals surface area (Å²) in [6, 6.07) is 3.63. The van der Waals surface area contributed by atoms with Crippen molar-refractivity contribution in [1.29, 1.82) is 0 Å². The molecule has 1 aromatic carbocycles. The van der Waals surface area contributed by atoms with E-state index in [1.807, 2.05) is 19.9 Å². The van der Waals surface area contributed by atoms with Crippen LogP contribution in [-0.2, 0) is 23.9 Å². The number of alkyl halides is 1. The predicted molar refractivity (Wildman–Crippen MR) is 144 cm³/mol. The molecule has 8 nitrogen and oxygen atoms in total. The van der Waals surface area contributed by atoms with Crippen molar-refractivity contribution < 1.29 is 29.0 Å². The molecule has 3 fully saturated rings. The summed E-state index contributed by atoms with van der Waals surface area (Å²) in [6.07, 6.45) is 3.18. The van der Waals surface area contributed by atoms with Gasteiger partial charge in [-0.1, -0.05) is 65.3 Å². The molecular weight excluding hydrogens is 564 g/mol. The zero-order valence-electron chi connectivity index (χ0n) is 20.9. The number of anilines is 1. The van der Waals surface area contributed by atoms with Crippen LogP contribution in [0.4, 0.5) is 5.69 Å². The number of nitrogens with zero attached hydrogens (tertiary/aromatic N) is 2. The molecule has 3 heterocycles. The lowest BCUT2D eigenvalue weighted by Gasteiger charge is -2.39. The van der Waals surface area contributed by atoms with Gasteiger partial charge in [-0.3, -0.25) is 14.4 Å². The first-order chi connectivity index (χ1) is 17.7. The molecule has 1 N–H and O–H groups in total. The normalized spacial score (nSPS) is 30.7. The van der Waals surface area contributed by atoms with Gasteiger partial charge in [0, 0.05) is 11.4 Å². The number of esters is 1. The van der Waals surface area contributed by atoms with Gasteiger partial charge in [-0.05, 0) is 31.4 Å². The van der Waals surface area contributed by atoms with Crippen LogP contribution in [0.5, 0.6) is 0 Å². The Bertz CT molecular complexity index is 1090. The quantitative estimate of drug-likeness (QED) is 0.253. The number of rotatable bonds is 10. The number of amides is 2. The first kappa shape index (κ1) is 27.8. The first-order valence-electron chi connectivity index (χ1n) is 12.4. The predicted octanol–water partition coefficient (Wildman–Crippen LogP) is 3.42. The smallest absolute Gasteiger partial charge is 0.312 e. The van der Waals surface area contributed by atoms with E-state index in [9.17, 15) is 19.5 Å². The summed E-state index contributed by atoms with van der Waals surface area (Å²) in [4.78, 5) is 44.4. The monoisotopic (exact) mass is 594 g/mol. The van der Waals surface area contributed by atoms with Crippen molar-refractivity contribution in [2.45, 2.75) is 55.3 Å². The van der Waals surface area contributed by atoms with Crippen LogP contribution in [0.15, 0.2) is 43.5 Å². The zero-order chi connectivity index (χ0) is 27.1. The van der Waals surface area contributed by atoms with Crippen LogP contribution >= 0.6 is 27.5 Å². The molecule has 0 aliphatic carbocycles. The summed E-state index contributed by atoms with van der Waals surface area (Å²) < 4.78 is 11.8. The lowest BCUT2D eigenvalue weighted by molar-refractivity contribution is -0.154. The number of benzene rings is 1. The molecule has 3 aliphatic rings. The Kier molecular flexibility index (Phi) is 8.19. The Morgan fingerprint density at radius 1 is 1.41 bits per heavy atom. The number of fused-ring (bicyclic) bond motifs is 1. The van der Waals surface area contributed by atoms with Gasteiger partial charge in [-0.2, -0.15) is 0 Å². The Labute approximate surface area is 230 Å². The highest BCUT2D eigenvalue weighted by atomic mass is 79.9. The number of halogens is 2. The van der Waals surface area contributed by atoms with Crippen LogP contribution < -0.4 is 4.90 Å². The van der Waals surface area contributed by atoms with Crippen molar-refractivity contribution >= 4 is 51.0 Å². The Morgan fingerprint density at radius 3 is 2.73 bits per heavy atom. The summed E-state index contributed by atoms with van der Waals surface area (Å²) >= 11 is 10.2. The number of para-hydroxylation sites is 1. The minimum atomic E-state index is -1.28. The van der Waals surface area contributed by atoms with Gasteiger partial charge in [0.2, 0.25) is 5.91 Å². The lowest BCUT2D eigenvalue weighted by Crippen LogP contribution is -2.59. The molecule has 7 atom stereocenters. The topological polar surface area (TPSA) is 96.4 Å². The third kappa shape index (κ3) is 4.33. The number of hydrogen-bond acceptors (Lipinski definition) is 6. The summed E-state index contributed by atoms with van der Waals surface area (Å²) in [5.74, 6) is -3.17. The molecule has 0 radical (unpaired) electrons. The van der Waals surface area contributed by atoms with Gasteiger partial charge < -0.3 is 24.4 Å². The molecule has 1 aromatic rings. The third-order valence-corrected chi connectivity index (χ3v) is 8.84. The second-order valence-corrected chi connectivity index (χ2v) is 11.3. The average molecular weight is 596 g/mol. The molecular formula is C27H32BrClN2O6. The van der Waals surface area contributed by atoms with Crippen molar-refractivity contribution in [1.82, 2.24) is 4.90 Å². The van der Waals surface area contributed by atoms with Gasteiger partial charge >= 0.3 is 5.97 Å². The average Bonchev–Trinajstić information content (AvgIpc) is 3.46. The van der Waals surface area contributed by atoms with Gasteiger partial charge in [0.05, 0.1) is 41.3 Å². The molecule has 2 bridgehead atoms. The van der Waals surface area contributed by atoms with Crippen LogP contribution in [0.3, 0.4) is 0 Å². The highest BCUT2D eigenvalue weighted by Gasteiger charge is 2.77. The second-order valence-electron chi connectivity index (χ2n) is 9.72. The van der Waals surface area contributed by atoms with E-state index in [-0.39, 0.29) is 24.6 Å². The highest BCUT2D eigenvalue weighted by molar-refractivity contribution is 9.09. The second kappa shape index (κ2) is 10.9. The van der Waals surface area contributed by atoms with Crippen molar-refractivity contribution in [3.8, 4) is 0 Å². The van der Waals surface area contributed by atoms with E-state index in [2.05, 4.69) is 29.1 Å². The fraction of sp³-hybridized carbons (Fsp3) is 0.519. The van der Waals surface area contributed by atoms with Crippen LogP contribution in [0.2, 0.25) is 5.02 Å². The summed E-state index contributed by atoms with van der Waals surface area (Å²) in [5, 5.41) is 10.6. The van der Waals surface area contributed by atoms with Gasteiger partial charge in [-0.25, -0.2) is 0 Å². The van der Waals surface area contributed by atoms with E-state index >= 15 is 0 Å². The number of aliphatic hydroxyl groups excluding tert-OH is 1. The third-order valence-electron chi connectivity index (χ3n) is 7.69. The molecule has 3 aliphatic heterocycles. The first-order valence-corrected chi connectivity index (χ1v) is 13.7. The number of ether oxygens (including phenoxy) is 2. The molecule has 4 rings (SSSR count). The Hall–Kier alpha value is -2.20. The van der Waals surface area contributed by atoms with Crippen molar-refractivity contribution in [3.05, 3.63) is 54.1 Å². The number of aryl methyl sites for hydroxylation is 1. The molecule has 10 heteroatoms. The van der Waals surface area contributed by atoms with E-state index in [1.165, 1.54) is 15.9 Å². The van der Waals surface area contributed by atoms with Gasteiger partial charge in [-0.15, -0.1) is 6.58 Å². The number of carbonyl (C=O) groups is 3. The number of carbonyl (C=O) groups excluding carboxylic acids is 3. The summed E-state index contributed by atoms with van der Waals surface area (Å²) in [7, 11) is 0. The lowest BCUT2D eigenvalue weighted by atomic mass is 9.70. The minimum Gasteiger partial charge on any atom is -0.461 e. The summed E-state index contributed by atoms with van der Waals surface area (Å²) in [5.41, 5.74) is 0.0214. The SMILES string of the molecule is C=CCOC(=O)[C@H]1[C@H]2C(=O)N([C@@H](CC)CO)C(C(=O)N(CC=C)c3c(C)cccc3Cl)C23CC(Br)[C@@H]1O3. The molecule has 37 heavy (non-hydrogen) atoms. The summed E-state index contributed by atoms with van der Waals surface area (Å²) in [6.45, 7) is 10.9. The number of aliphatic hydroxyl groups is 1. The molecule has 0 aromatic heterocycles. The van der Waals surface area contributed by atoms with Gasteiger partial charge in [0.15, 0.2) is 0 Å². The maximum absolute atomic E-state index is 14.5. The van der Waals surface area contributed by atoms with Gasteiger partial charge in [0.25, 0.3) is 5.91 Å². The van der Waals surface area contributed by atoms with Crippen molar-refractivity contribution in [2.24, 2.45) is 11.8 Å².